The second-order valence-electron chi connectivity index (χ2n) is 8.70. The Hall–Kier alpha value is -2.67. The lowest BCUT2D eigenvalue weighted by Gasteiger charge is -2.42. The first-order valence-electron chi connectivity index (χ1n) is 10.3. The Morgan fingerprint density at radius 1 is 0.786 bits per heavy atom. The van der Waals surface area contributed by atoms with E-state index in [2.05, 4.69) is 70.2 Å². The van der Waals surface area contributed by atoms with Crippen molar-refractivity contribution in [1.82, 2.24) is 0 Å². The summed E-state index contributed by atoms with van der Waals surface area (Å²) in [5, 5.41) is 0. The fraction of sp³-hybridized carbons (Fsp3) is 0.296. The first kappa shape index (κ1) is 17.4. The molecule has 0 aliphatic heterocycles. The molecular formula is C27H26O. The quantitative estimate of drug-likeness (QED) is 0.515. The van der Waals surface area contributed by atoms with Crippen molar-refractivity contribution in [3.05, 3.63) is 105 Å². The number of hydrogen-bond donors (Lipinski definition) is 0. The molecule has 0 spiro atoms. The van der Waals surface area contributed by atoms with Crippen LogP contribution in [0, 0.1) is 33.6 Å². The highest BCUT2D eigenvalue weighted by molar-refractivity contribution is 6.06. The Bertz CT molecular complexity index is 1140. The van der Waals surface area contributed by atoms with Crippen molar-refractivity contribution in [2.24, 2.45) is 5.92 Å². The number of carbonyl (C=O) groups excluding carboxylic acids is 1. The molecule has 2 atom stereocenters. The minimum atomic E-state index is -0.363. The molecule has 2 aliphatic rings. The topological polar surface area (TPSA) is 17.1 Å². The Morgan fingerprint density at radius 3 is 2.29 bits per heavy atom. The molecule has 1 heteroatoms. The molecule has 0 heterocycles. The maximum absolute atomic E-state index is 13.5. The molecule has 1 nitrogen and oxygen atoms in total. The van der Waals surface area contributed by atoms with Gasteiger partial charge >= 0.3 is 0 Å². The molecule has 3 aromatic rings. The van der Waals surface area contributed by atoms with Gasteiger partial charge in [-0.15, -0.1) is 0 Å². The third kappa shape index (κ3) is 2.11. The van der Waals surface area contributed by atoms with Crippen LogP contribution >= 0.6 is 0 Å². The highest BCUT2D eigenvalue weighted by Gasteiger charge is 2.56. The largest absolute Gasteiger partial charge is 0.294 e. The second kappa shape index (κ2) is 5.91. The number of ketones is 1. The predicted octanol–water partition coefficient (Wildman–Crippen LogP) is 6.01. The van der Waals surface area contributed by atoms with Crippen LogP contribution in [0.3, 0.4) is 0 Å². The van der Waals surface area contributed by atoms with E-state index in [1.165, 1.54) is 44.5 Å². The van der Waals surface area contributed by atoms with Gasteiger partial charge in [0.25, 0.3) is 0 Å². The van der Waals surface area contributed by atoms with Gasteiger partial charge in [-0.1, -0.05) is 54.6 Å². The maximum Gasteiger partial charge on any atom is 0.167 e. The normalized spacial score (nSPS) is 22.6. The molecule has 0 amide bonds. The van der Waals surface area contributed by atoms with E-state index >= 15 is 0 Å². The summed E-state index contributed by atoms with van der Waals surface area (Å²) in [4.78, 5) is 13.5. The molecule has 0 unspecified atom stereocenters. The summed E-state index contributed by atoms with van der Waals surface area (Å²) in [6.07, 6.45) is 1.89. The highest BCUT2D eigenvalue weighted by Crippen LogP contribution is 2.57. The summed E-state index contributed by atoms with van der Waals surface area (Å²) < 4.78 is 0. The van der Waals surface area contributed by atoms with E-state index in [1.807, 2.05) is 12.1 Å². The van der Waals surface area contributed by atoms with E-state index in [9.17, 15) is 4.79 Å². The molecular weight excluding hydrogens is 340 g/mol. The van der Waals surface area contributed by atoms with Gasteiger partial charge in [0.1, 0.15) is 0 Å². The van der Waals surface area contributed by atoms with Crippen LogP contribution in [0.1, 0.15) is 61.3 Å². The molecule has 3 aromatic carbocycles. The average molecular weight is 367 g/mol. The summed E-state index contributed by atoms with van der Waals surface area (Å²) in [7, 11) is 0. The summed E-state index contributed by atoms with van der Waals surface area (Å²) >= 11 is 0. The van der Waals surface area contributed by atoms with Gasteiger partial charge in [-0.3, -0.25) is 4.79 Å². The number of carbonyl (C=O) groups is 1. The minimum absolute atomic E-state index is 0.0124. The molecule has 0 bridgehead atoms. The van der Waals surface area contributed by atoms with Crippen LogP contribution in [0.15, 0.2) is 54.6 Å². The molecule has 2 aliphatic carbocycles. The fourth-order valence-electron chi connectivity index (χ4n) is 5.54. The first-order valence-corrected chi connectivity index (χ1v) is 10.3. The van der Waals surface area contributed by atoms with Gasteiger partial charge in [-0.2, -0.15) is 0 Å². The molecule has 0 N–H and O–H groups in total. The van der Waals surface area contributed by atoms with Crippen molar-refractivity contribution >= 4 is 5.78 Å². The van der Waals surface area contributed by atoms with Crippen molar-refractivity contribution in [3.8, 4) is 0 Å². The average Bonchev–Trinajstić information content (AvgIpc) is 2.95. The minimum Gasteiger partial charge on any atom is -0.294 e. The third-order valence-corrected chi connectivity index (χ3v) is 7.27. The number of aryl methyl sites for hydroxylation is 5. The Kier molecular flexibility index (Phi) is 3.68. The lowest BCUT2D eigenvalue weighted by Crippen LogP contribution is -2.40. The summed E-state index contributed by atoms with van der Waals surface area (Å²) in [5.41, 5.74) is 11.0. The number of fused-ring (bicyclic) bond motifs is 5. The van der Waals surface area contributed by atoms with E-state index in [0.29, 0.717) is 5.78 Å². The highest BCUT2D eigenvalue weighted by atomic mass is 16.1. The van der Waals surface area contributed by atoms with Gasteiger partial charge in [-0.25, -0.2) is 0 Å². The predicted molar refractivity (Wildman–Crippen MR) is 114 cm³/mol. The smallest absolute Gasteiger partial charge is 0.167 e. The number of hydrogen-bond acceptors (Lipinski definition) is 1. The van der Waals surface area contributed by atoms with Crippen molar-refractivity contribution < 1.29 is 4.79 Å². The van der Waals surface area contributed by atoms with Crippen LogP contribution < -0.4 is 0 Å². The van der Waals surface area contributed by atoms with Crippen molar-refractivity contribution in [2.75, 3.05) is 0 Å². The van der Waals surface area contributed by atoms with Gasteiger partial charge < -0.3 is 0 Å². The monoisotopic (exact) mass is 366 g/mol. The van der Waals surface area contributed by atoms with Crippen molar-refractivity contribution in [2.45, 2.75) is 46.0 Å². The molecule has 140 valence electrons. The van der Waals surface area contributed by atoms with Crippen molar-refractivity contribution in [3.63, 3.8) is 0 Å². The lowest BCUT2D eigenvalue weighted by atomic mass is 9.59. The molecule has 5 rings (SSSR count). The number of Topliss-reactive ketones (excluding diaryl/α,β-unsaturated/α-hetero) is 1. The third-order valence-electron chi connectivity index (χ3n) is 7.27. The van der Waals surface area contributed by atoms with Crippen LogP contribution in [-0.2, 0) is 11.8 Å². The second-order valence-corrected chi connectivity index (χ2v) is 8.70. The zero-order valence-electron chi connectivity index (χ0n) is 17.1. The van der Waals surface area contributed by atoms with Crippen LogP contribution in [0.4, 0.5) is 0 Å². The molecule has 0 radical (unpaired) electrons. The molecule has 28 heavy (non-hydrogen) atoms. The Balaban J connectivity index is 1.93. The maximum atomic E-state index is 13.5. The summed E-state index contributed by atoms with van der Waals surface area (Å²) in [6, 6.07) is 19.8. The Morgan fingerprint density at radius 2 is 1.50 bits per heavy atom. The van der Waals surface area contributed by atoms with Crippen LogP contribution in [0.25, 0.3) is 0 Å². The zero-order chi connectivity index (χ0) is 19.6. The molecule has 0 saturated heterocycles. The van der Waals surface area contributed by atoms with Gasteiger partial charge in [0, 0.05) is 11.5 Å². The number of benzene rings is 3. The van der Waals surface area contributed by atoms with E-state index in [-0.39, 0.29) is 11.3 Å². The lowest BCUT2D eigenvalue weighted by molar-refractivity contribution is 0.0897. The Labute approximate surface area is 167 Å². The van der Waals surface area contributed by atoms with E-state index < -0.39 is 0 Å². The van der Waals surface area contributed by atoms with E-state index in [4.69, 9.17) is 0 Å². The van der Waals surface area contributed by atoms with Crippen LogP contribution in [0.5, 0.6) is 0 Å². The van der Waals surface area contributed by atoms with Crippen LogP contribution in [0.2, 0.25) is 0 Å². The number of rotatable bonds is 1. The molecule has 0 aromatic heterocycles. The molecule has 0 saturated carbocycles. The SMILES string of the molecule is Cc1ccc([C@@]23c4cc(C)c(C)cc4CC[C@@H]2C(=O)c2ccccc23)cc1C. The molecule has 0 fully saturated rings. The van der Waals surface area contributed by atoms with Gasteiger partial charge in [0.15, 0.2) is 5.78 Å². The van der Waals surface area contributed by atoms with Crippen molar-refractivity contribution in [1.29, 1.82) is 0 Å². The van der Waals surface area contributed by atoms with Gasteiger partial charge in [0.2, 0.25) is 0 Å². The zero-order valence-corrected chi connectivity index (χ0v) is 17.1. The van der Waals surface area contributed by atoms with Gasteiger partial charge in [-0.05, 0) is 85.0 Å². The summed E-state index contributed by atoms with van der Waals surface area (Å²) in [6.45, 7) is 8.72. The first-order chi connectivity index (χ1) is 13.4. The standard InChI is InChI=1S/C27H26O/c1-16-9-11-21(14-18(16)3)27-23-8-6-5-7-22(23)26(28)24(27)12-10-20-13-17(2)19(4)15-25(20)27/h5-9,11,13-15,24H,10,12H2,1-4H3/t24-,27+/m1/s1. The van der Waals surface area contributed by atoms with Gasteiger partial charge in [0.05, 0.1) is 5.41 Å². The van der Waals surface area contributed by atoms with E-state index in [0.717, 1.165) is 18.4 Å². The van der Waals surface area contributed by atoms with Crippen LogP contribution in [-0.4, -0.2) is 5.78 Å². The summed E-state index contributed by atoms with van der Waals surface area (Å²) in [5.74, 6) is 0.305. The fourth-order valence-corrected chi connectivity index (χ4v) is 5.54. The van der Waals surface area contributed by atoms with E-state index in [1.54, 1.807) is 0 Å².